The number of benzene rings is 2. The lowest BCUT2D eigenvalue weighted by atomic mass is 10.1. The van der Waals surface area contributed by atoms with Gasteiger partial charge in [0.25, 0.3) is 11.8 Å². The molecule has 0 saturated carbocycles. The van der Waals surface area contributed by atoms with Gasteiger partial charge < -0.3 is 9.47 Å². The maximum absolute atomic E-state index is 13.1. The number of carbonyl (C=O) groups excluding carboxylic acids is 4. The Hall–Kier alpha value is -3.53. The molecule has 31 heavy (non-hydrogen) atoms. The van der Waals surface area contributed by atoms with Crippen LogP contribution in [-0.4, -0.2) is 54.8 Å². The smallest absolute Gasteiger partial charge is 0.343 e. The molecule has 10 heteroatoms. The predicted molar refractivity (Wildman–Crippen MR) is 111 cm³/mol. The van der Waals surface area contributed by atoms with Gasteiger partial charge >= 0.3 is 12.0 Å². The van der Waals surface area contributed by atoms with E-state index < -0.39 is 29.6 Å². The lowest BCUT2D eigenvalue weighted by Gasteiger charge is -2.28. The minimum Gasteiger partial charge on any atom is -0.493 e. The van der Waals surface area contributed by atoms with E-state index in [2.05, 4.69) is 15.9 Å². The Labute approximate surface area is 185 Å². The van der Waals surface area contributed by atoms with Gasteiger partial charge in [-0.25, -0.2) is 14.0 Å². The predicted octanol–water partition coefficient (Wildman–Crippen LogP) is 3.25. The van der Waals surface area contributed by atoms with Crippen molar-refractivity contribution in [2.24, 2.45) is 0 Å². The van der Waals surface area contributed by atoms with Crippen LogP contribution in [0.25, 0.3) is 6.08 Å². The number of urea groups is 1. The molecule has 0 aliphatic carbocycles. The van der Waals surface area contributed by atoms with Crippen molar-refractivity contribution in [2.45, 2.75) is 0 Å². The van der Waals surface area contributed by atoms with E-state index in [1.165, 1.54) is 51.5 Å². The zero-order chi connectivity index (χ0) is 22.9. The second-order valence-corrected chi connectivity index (χ2v) is 7.35. The highest BCUT2D eigenvalue weighted by Gasteiger charge is 2.37. The van der Waals surface area contributed by atoms with E-state index in [0.29, 0.717) is 10.0 Å². The number of likely N-dealkylation sites (N-methyl/N-ethyl adjacent to an activating group) is 2. The van der Waals surface area contributed by atoms with Crippen molar-refractivity contribution in [2.75, 3.05) is 21.2 Å². The summed E-state index contributed by atoms with van der Waals surface area (Å²) in [4.78, 5) is 50.7. The molecule has 1 aliphatic rings. The average Bonchev–Trinajstić information content (AvgIpc) is 2.75. The van der Waals surface area contributed by atoms with Gasteiger partial charge in [-0.05, 0) is 64.0 Å². The number of amides is 4. The first-order chi connectivity index (χ1) is 14.6. The highest BCUT2D eigenvalue weighted by atomic mass is 79.9. The number of ether oxygens (including phenoxy) is 2. The Balaban J connectivity index is 1.95. The van der Waals surface area contributed by atoms with Gasteiger partial charge in [-0.15, -0.1) is 0 Å². The van der Waals surface area contributed by atoms with Crippen molar-refractivity contribution in [3.05, 3.63) is 63.4 Å². The number of nitrogens with zero attached hydrogens (tertiary/aromatic N) is 2. The fraction of sp³-hybridized carbons (Fsp3) is 0.143. The van der Waals surface area contributed by atoms with E-state index in [4.69, 9.17) is 9.47 Å². The van der Waals surface area contributed by atoms with E-state index in [0.717, 1.165) is 21.9 Å². The zero-order valence-corrected chi connectivity index (χ0v) is 18.2. The van der Waals surface area contributed by atoms with E-state index in [1.807, 2.05) is 0 Å². The van der Waals surface area contributed by atoms with Gasteiger partial charge in [0.05, 0.1) is 17.1 Å². The Kier molecular flexibility index (Phi) is 6.21. The Morgan fingerprint density at radius 2 is 1.61 bits per heavy atom. The Morgan fingerprint density at radius 1 is 1.03 bits per heavy atom. The molecule has 1 fully saturated rings. The summed E-state index contributed by atoms with van der Waals surface area (Å²) < 4.78 is 24.0. The average molecular weight is 491 g/mol. The first-order valence-corrected chi connectivity index (χ1v) is 9.60. The molecule has 1 aliphatic heterocycles. The van der Waals surface area contributed by atoms with E-state index in [1.54, 1.807) is 0 Å². The van der Waals surface area contributed by atoms with Crippen LogP contribution in [0.1, 0.15) is 15.9 Å². The lowest BCUT2D eigenvalue weighted by Crippen LogP contribution is -2.52. The van der Waals surface area contributed by atoms with Gasteiger partial charge in [0.1, 0.15) is 11.4 Å². The minimum absolute atomic E-state index is 0.0599. The third-order valence-corrected chi connectivity index (χ3v) is 5.07. The van der Waals surface area contributed by atoms with Crippen LogP contribution >= 0.6 is 15.9 Å². The molecule has 3 rings (SSSR count). The number of carbonyl (C=O) groups is 4. The van der Waals surface area contributed by atoms with Gasteiger partial charge in [0, 0.05) is 14.1 Å². The molecule has 0 radical (unpaired) electrons. The molecule has 2 aromatic rings. The summed E-state index contributed by atoms with van der Waals surface area (Å²) in [7, 11) is 3.90. The van der Waals surface area contributed by atoms with Gasteiger partial charge in [-0.1, -0.05) is 0 Å². The largest absolute Gasteiger partial charge is 0.493 e. The van der Waals surface area contributed by atoms with Crippen LogP contribution in [0, 0.1) is 5.82 Å². The van der Waals surface area contributed by atoms with E-state index in [-0.39, 0.29) is 22.6 Å². The molecule has 4 amide bonds. The van der Waals surface area contributed by atoms with Crippen molar-refractivity contribution in [1.82, 2.24) is 9.80 Å². The van der Waals surface area contributed by atoms with Crippen LogP contribution < -0.4 is 9.47 Å². The van der Waals surface area contributed by atoms with Crippen molar-refractivity contribution in [3.63, 3.8) is 0 Å². The number of imide groups is 2. The number of barbiturate groups is 1. The lowest BCUT2D eigenvalue weighted by molar-refractivity contribution is -0.134. The molecule has 0 unspecified atom stereocenters. The molecular weight excluding hydrogens is 475 g/mol. The van der Waals surface area contributed by atoms with Crippen molar-refractivity contribution < 1.29 is 33.0 Å². The standard InChI is InChI=1S/C21H16BrFN2O6/c1-24-18(26)14(19(27)25(2)21(24)29)8-11-9-15(22)17(16(10-11)30-3)31-20(28)12-4-6-13(23)7-5-12/h4-10H,1-3H3. The number of esters is 1. The summed E-state index contributed by atoms with van der Waals surface area (Å²) in [6.07, 6.45) is 1.31. The maximum atomic E-state index is 13.1. The van der Waals surface area contributed by atoms with Crippen molar-refractivity contribution in [1.29, 1.82) is 0 Å². The van der Waals surface area contributed by atoms with Gasteiger partial charge in [-0.2, -0.15) is 0 Å². The minimum atomic E-state index is -0.741. The van der Waals surface area contributed by atoms with E-state index in [9.17, 15) is 23.6 Å². The second-order valence-electron chi connectivity index (χ2n) is 6.50. The SMILES string of the molecule is COc1cc(C=C2C(=O)N(C)C(=O)N(C)C2=O)cc(Br)c1OC(=O)c1ccc(F)cc1. The van der Waals surface area contributed by atoms with Crippen LogP contribution in [0.3, 0.4) is 0 Å². The van der Waals surface area contributed by atoms with Gasteiger partial charge in [0.2, 0.25) is 0 Å². The van der Waals surface area contributed by atoms with Crippen LogP contribution in [-0.2, 0) is 9.59 Å². The molecule has 0 spiro atoms. The molecule has 0 bridgehead atoms. The first-order valence-electron chi connectivity index (χ1n) is 8.81. The van der Waals surface area contributed by atoms with Gasteiger partial charge in [-0.3, -0.25) is 19.4 Å². The summed E-state index contributed by atoms with van der Waals surface area (Å²) in [6.45, 7) is 0. The molecule has 160 valence electrons. The zero-order valence-electron chi connectivity index (χ0n) is 16.6. The summed E-state index contributed by atoms with van der Waals surface area (Å²) in [5, 5.41) is 0. The fourth-order valence-electron chi connectivity index (χ4n) is 2.80. The van der Waals surface area contributed by atoms with Crippen LogP contribution in [0.15, 0.2) is 46.4 Å². The van der Waals surface area contributed by atoms with Crippen LogP contribution in [0.5, 0.6) is 11.5 Å². The summed E-state index contributed by atoms with van der Waals surface area (Å²) in [5.74, 6) is -2.50. The summed E-state index contributed by atoms with van der Waals surface area (Å²) >= 11 is 3.29. The fourth-order valence-corrected chi connectivity index (χ4v) is 3.34. The number of hydrogen-bond donors (Lipinski definition) is 0. The number of methoxy groups -OCH3 is 1. The maximum Gasteiger partial charge on any atom is 0.343 e. The summed E-state index contributed by atoms with van der Waals surface area (Å²) in [5.41, 5.74) is 0.309. The van der Waals surface area contributed by atoms with Crippen molar-refractivity contribution >= 4 is 45.8 Å². The summed E-state index contributed by atoms with van der Waals surface area (Å²) in [6, 6.07) is 7.08. The molecule has 2 aromatic carbocycles. The number of rotatable bonds is 4. The highest BCUT2D eigenvalue weighted by Crippen LogP contribution is 2.38. The molecule has 0 aromatic heterocycles. The normalized spacial score (nSPS) is 14.1. The third kappa shape index (κ3) is 4.33. The van der Waals surface area contributed by atoms with Gasteiger partial charge in [0.15, 0.2) is 11.5 Å². The Morgan fingerprint density at radius 3 is 2.16 bits per heavy atom. The molecule has 0 atom stereocenters. The molecule has 1 saturated heterocycles. The molecule has 0 N–H and O–H groups in total. The second kappa shape index (κ2) is 8.68. The third-order valence-electron chi connectivity index (χ3n) is 4.48. The van der Waals surface area contributed by atoms with Crippen LogP contribution in [0.4, 0.5) is 9.18 Å². The number of hydrogen-bond acceptors (Lipinski definition) is 6. The van der Waals surface area contributed by atoms with E-state index >= 15 is 0 Å². The highest BCUT2D eigenvalue weighted by molar-refractivity contribution is 9.10. The molecule has 8 nitrogen and oxygen atoms in total. The van der Waals surface area contributed by atoms with Crippen molar-refractivity contribution in [3.8, 4) is 11.5 Å². The number of halogens is 2. The topological polar surface area (TPSA) is 93.2 Å². The van der Waals surface area contributed by atoms with Crippen LogP contribution in [0.2, 0.25) is 0 Å². The molecular formula is C21H16BrFN2O6. The molecule has 1 heterocycles. The Bertz CT molecular complexity index is 1100. The first kappa shape index (κ1) is 22.2. The monoisotopic (exact) mass is 490 g/mol. The quantitative estimate of drug-likeness (QED) is 0.282.